The van der Waals surface area contributed by atoms with E-state index < -0.39 is 0 Å². The first-order valence-corrected chi connectivity index (χ1v) is 8.86. The highest BCUT2D eigenvalue weighted by Crippen LogP contribution is 2.25. The molecule has 0 N–H and O–H groups in total. The van der Waals surface area contributed by atoms with Crippen LogP contribution in [0.1, 0.15) is 33.7 Å². The Morgan fingerprint density at radius 2 is 1.83 bits per heavy atom. The van der Waals surface area contributed by atoms with Crippen molar-refractivity contribution >= 4 is 5.91 Å². The summed E-state index contributed by atoms with van der Waals surface area (Å²) in [4.78, 5) is 17.1. The highest BCUT2D eigenvalue weighted by atomic mass is 16.3. The summed E-state index contributed by atoms with van der Waals surface area (Å²) in [6, 6.07) is 11.2. The summed E-state index contributed by atoms with van der Waals surface area (Å²) < 4.78 is 5.27. The van der Waals surface area contributed by atoms with E-state index in [9.17, 15) is 4.79 Å². The van der Waals surface area contributed by atoms with Crippen LogP contribution in [0.15, 0.2) is 41.0 Å². The van der Waals surface area contributed by atoms with E-state index in [4.69, 9.17) is 4.42 Å². The maximum absolute atomic E-state index is 12.6. The smallest absolute Gasteiger partial charge is 0.257 e. The number of benzene rings is 1. The van der Waals surface area contributed by atoms with Gasteiger partial charge in [0.1, 0.15) is 5.76 Å². The summed E-state index contributed by atoms with van der Waals surface area (Å²) in [6.07, 6.45) is 5.14. The Morgan fingerprint density at radius 3 is 2.54 bits per heavy atom. The molecule has 1 aliphatic carbocycles. The summed E-state index contributed by atoms with van der Waals surface area (Å²) >= 11 is 0. The molecule has 0 unspecified atom stereocenters. The van der Waals surface area contributed by atoms with Crippen molar-refractivity contribution in [1.82, 2.24) is 9.80 Å². The van der Waals surface area contributed by atoms with E-state index in [1.54, 1.807) is 12.3 Å². The van der Waals surface area contributed by atoms with E-state index in [0.29, 0.717) is 17.4 Å². The van der Waals surface area contributed by atoms with Crippen molar-refractivity contribution in [1.29, 1.82) is 0 Å². The molecule has 1 atom stereocenters. The third-order valence-corrected chi connectivity index (χ3v) is 5.53. The topological polar surface area (TPSA) is 36.7 Å². The van der Waals surface area contributed by atoms with E-state index in [-0.39, 0.29) is 5.91 Å². The minimum absolute atomic E-state index is 0.106. The zero-order valence-electron chi connectivity index (χ0n) is 14.2. The summed E-state index contributed by atoms with van der Waals surface area (Å²) in [5, 5.41) is 0. The van der Waals surface area contributed by atoms with Crippen LogP contribution >= 0.6 is 0 Å². The van der Waals surface area contributed by atoms with Gasteiger partial charge in [0.2, 0.25) is 0 Å². The largest absolute Gasteiger partial charge is 0.469 e. The van der Waals surface area contributed by atoms with Crippen LogP contribution in [0.4, 0.5) is 0 Å². The Labute approximate surface area is 143 Å². The van der Waals surface area contributed by atoms with Gasteiger partial charge < -0.3 is 9.32 Å². The van der Waals surface area contributed by atoms with Gasteiger partial charge in [-0.1, -0.05) is 24.3 Å². The van der Waals surface area contributed by atoms with Crippen LogP contribution in [-0.4, -0.2) is 47.9 Å². The lowest BCUT2D eigenvalue weighted by Gasteiger charge is -2.41. The van der Waals surface area contributed by atoms with Gasteiger partial charge in [-0.05, 0) is 43.4 Å². The van der Waals surface area contributed by atoms with E-state index in [1.165, 1.54) is 24.0 Å². The number of carbonyl (C=O) groups excluding carboxylic acids is 1. The molecule has 4 nitrogen and oxygen atoms in total. The van der Waals surface area contributed by atoms with Crippen molar-refractivity contribution in [3.8, 4) is 0 Å². The van der Waals surface area contributed by atoms with Gasteiger partial charge in [0.25, 0.3) is 5.91 Å². The zero-order chi connectivity index (χ0) is 16.5. The van der Waals surface area contributed by atoms with Crippen molar-refractivity contribution in [3.05, 3.63) is 59.0 Å². The number of nitrogens with zero attached hydrogens (tertiary/aromatic N) is 2. The zero-order valence-corrected chi connectivity index (χ0v) is 14.2. The molecular weight excluding hydrogens is 300 g/mol. The van der Waals surface area contributed by atoms with Gasteiger partial charge in [-0.3, -0.25) is 9.69 Å². The molecule has 126 valence electrons. The molecule has 0 saturated carbocycles. The van der Waals surface area contributed by atoms with Crippen LogP contribution < -0.4 is 0 Å². The Morgan fingerprint density at radius 1 is 1.08 bits per heavy atom. The second-order valence-corrected chi connectivity index (χ2v) is 6.88. The highest BCUT2D eigenvalue weighted by Gasteiger charge is 2.29. The number of aryl methyl sites for hydroxylation is 2. The number of furan rings is 1. The van der Waals surface area contributed by atoms with Gasteiger partial charge in [-0.25, -0.2) is 0 Å². The average Bonchev–Trinajstić information content (AvgIpc) is 3.07. The third kappa shape index (κ3) is 2.86. The van der Waals surface area contributed by atoms with Crippen LogP contribution in [0.2, 0.25) is 0 Å². The Hall–Kier alpha value is -2.07. The van der Waals surface area contributed by atoms with Crippen LogP contribution in [0, 0.1) is 6.92 Å². The summed E-state index contributed by atoms with van der Waals surface area (Å²) in [5.41, 5.74) is 3.72. The predicted octanol–water partition coefficient (Wildman–Crippen LogP) is 2.90. The quantitative estimate of drug-likeness (QED) is 0.852. The van der Waals surface area contributed by atoms with Crippen LogP contribution in [0.5, 0.6) is 0 Å². The van der Waals surface area contributed by atoms with Gasteiger partial charge in [0.05, 0.1) is 11.8 Å². The monoisotopic (exact) mass is 324 g/mol. The van der Waals surface area contributed by atoms with E-state index >= 15 is 0 Å². The van der Waals surface area contributed by atoms with Crippen molar-refractivity contribution in [2.24, 2.45) is 0 Å². The molecule has 1 aromatic heterocycles. The number of hydrogen-bond donors (Lipinski definition) is 0. The third-order valence-electron chi connectivity index (χ3n) is 5.53. The number of hydrogen-bond acceptors (Lipinski definition) is 3. The molecule has 0 bridgehead atoms. The number of rotatable bonds is 2. The fourth-order valence-electron chi connectivity index (χ4n) is 4.06. The molecule has 2 aliphatic rings. The molecule has 0 spiro atoms. The fourth-order valence-corrected chi connectivity index (χ4v) is 4.06. The molecular formula is C20H24N2O2. The Balaban J connectivity index is 1.37. The molecule has 2 aromatic rings. The van der Waals surface area contributed by atoms with Gasteiger partial charge in [-0.2, -0.15) is 0 Å². The van der Waals surface area contributed by atoms with Gasteiger partial charge in [-0.15, -0.1) is 0 Å². The number of carbonyl (C=O) groups is 1. The van der Waals surface area contributed by atoms with E-state index in [0.717, 1.165) is 32.6 Å². The lowest BCUT2D eigenvalue weighted by atomic mass is 9.87. The second-order valence-electron chi connectivity index (χ2n) is 6.88. The standard InChI is InChI=1S/C20H24N2O2/c1-15-19(8-13-24-15)20(23)22-11-9-21(10-12-22)18-7-6-16-4-2-3-5-17(16)14-18/h2-5,8,13,18H,6-7,9-12,14H2,1H3/t18-/m0/s1. The maximum Gasteiger partial charge on any atom is 0.257 e. The molecule has 0 radical (unpaired) electrons. The molecule has 4 heteroatoms. The summed E-state index contributed by atoms with van der Waals surface area (Å²) in [5.74, 6) is 0.821. The SMILES string of the molecule is Cc1occc1C(=O)N1CCN([C@H]2CCc3ccccc3C2)CC1. The van der Waals surface area contributed by atoms with Crippen LogP contribution in [-0.2, 0) is 12.8 Å². The van der Waals surface area contributed by atoms with E-state index in [1.807, 2.05) is 11.8 Å². The first kappa shape index (κ1) is 15.5. The molecule has 1 amide bonds. The first-order chi connectivity index (χ1) is 11.7. The molecule has 4 rings (SSSR count). The minimum atomic E-state index is 0.106. The van der Waals surface area contributed by atoms with Crippen molar-refractivity contribution < 1.29 is 9.21 Å². The predicted molar refractivity (Wildman–Crippen MR) is 93.2 cm³/mol. The second kappa shape index (κ2) is 6.44. The normalized spacial score (nSPS) is 21.5. The molecule has 1 aliphatic heterocycles. The van der Waals surface area contributed by atoms with E-state index in [2.05, 4.69) is 29.2 Å². The summed E-state index contributed by atoms with van der Waals surface area (Å²) in [7, 11) is 0. The lowest BCUT2D eigenvalue weighted by Crippen LogP contribution is -2.53. The van der Waals surface area contributed by atoms with Gasteiger partial charge in [0, 0.05) is 32.2 Å². The molecule has 1 saturated heterocycles. The fraction of sp³-hybridized carbons (Fsp3) is 0.450. The number of piperazine rings is 1. The van der Waals surface area contributed by atoms with Crippen LogP contribution in [0.25, 0.3) is 0 Å². The summed E-state index contributed by atoms with van der Waals surface area (Å²) in [6.45, 7) is 5.40. The average molecular weight is 324 g/mol. The van der Waals surface area contributed by atoms with Crippen molar-refractivity contribution in [2.45, 2.75) is 32.2 Å². The minimum Gasteiger partial charge on any atom is -0.469 e. The maximum atomic E-state index is 12.6. The first-order valence-electron chi connectivity index (χ1n) is 8.86. The number of fused-ring (bicyclic) bond motifs is 1. The highest BCUT2D eigenvalue weighted by molar-refractivity contribution is 5.95. The molecule has 24 heavy (non-hydrogen) atoms. The van der Waals surface area contributed by atoms with Crippen LogP contribution in [0.3, 0.4) is 0 Å². The molecule has 1 aromatic carbocycles. The van der Waals surface area contributed by atoms with Gasteiger partial charge in [0.15, 0.2) is 0 Å². The molecule has 2 heterocycles. The molecule has 1 fully saturated rings. The van der Waals surface area contributed by atoms with Crippen molar-refractivity contribution in [2.75, 3.05) is 26.2 Å². The van der Waals surface area contributed by atoms with Gasteiger partial charge >= 0.3 is 0 Å². The van der Waals surface area contributed by atoms with Crippen molar-refractivity contribution in [3.63, 3.8) is 0 Å². The number of amides is 1. The Bertz CT molecular complexity index is 729. The Kier molecular flexibility index (Phi) is 4.15. The lowest BCUT2D eigenvalue weighted by molar-refractivity contribution is 0.0551.